The van der Waals surface area contributed by atoms with Crippen molar-refractivity contribution in [2.24, 2.45) is 0 Å². The second kappa shape index (κ2) is 7.90. The zero-order chi connectivity index (χ0) is 19.4. The molecule has 1 heterocycles. The van der Waals surface area contributed by atoms with Gasteiger partial charge in [0.1, 0.15) is 5.75 Å². The minimum absolute atomic E-state index is 0.157. The van der Waals surface area contributed by atoms with Gasteiger partial charge in [0.05, 0.1) is 17.7 Å². The van der Waals surface area contributed by atoms with Gasteiger partial charge in [-0.05, 0) is 73.0 Å². The zero-order valence-corrected chi connectivity index (χ0v) is 16.4. The highest BCUT2D eigenvalue weighted by molar-refractivity contribution is 7.89. The second-order valence-corrected chi connectivity index (χ2v) is 8.15. The Hall–Kier alpha value is -2.70. The molecule has 140 valence electrons. The number of sulfonamides is 1. The molecule has 0 atom stereocenters. The van der Waals surface area contributed by atoms with Crippen molar-refractivity contribution in [2.45, 2.75) is 25.3 Å². The summed E-state index contributed by atoms with van der Waals surface area (Å²) >= 11 is 0. The molecule has 0 fully saturated rings. The van der Waals surface area contributed by atoms with Crippen molar-refractivity contribution >= 4 is 10.0 Å². The van der Waals surface area contributed by atoms with Crippen molar-refractivity contribution in [1.29, 1.82) is 0 Å². The fourth-order valence-corrected chi connectivity index (χ4v) is 4.13. The van der Waals surface area contributed by atoms with Crippen LogP contribution in [-0.2, 0) is 16.6 Å². The number of methoxy groups -OCH3 is 1. The fraction of sp³-hybridized carbons (Fsp3) is 0.190. The van der Waals surface area contributed by atoms with Crippen molar-refractivity contribution in [1.82, 2.24) is 9.71 Å². The molecule has 0 radical (unpaired) electrons. The van der Waals surface area contributed by atoms with E-state index in [-0.39, 0.29) is 11.4 Å². The Morgan fingerprint density at radius 3 is 2.30 bits per heavy atom. The van der Waals surface area contributed by atoms with Crippen LogP contribution in [0.4, 0.5) is 0 Å². The Morgan fingerprint density at radius 1 is 1.00 bits per heavy atom. The first kappa shape index (κ1) is 19.1. The molecule has 6 heteroatoms. The molecule has 27 heavy (non-hydrogen) atoms. The Balaban J connectivity index is 1.86. The van der Waals surface area contributed by atoms with Crippen molar-refractivity contribution in [2.75, 3.05) is 7.11 Å². The first-order valence-electron chi connectivity index (χ1n) is 8.55. The standard InChI is InChI=1S/C21H22N2O3S/c1-15-11-16(2)13-20(12-15)27(24,25)23-14-18-5-4-10-22-21(18)17-6-8-19(26-3)9-7-17/h4-13,23H,14H2,1-3H3. The van der Waals surface area contributed by atoms with E-state index in [0.717, 1.165) is 33.7 Å². The summed E-state index contributed by atoms with van der Waals surface area (Å²) in [5.74, 6) is 0.756. The highest BCUT2D eigenvalue weighted by Crippen LogP contribution is 2.24. The topological polar surface area (TPSA) is 68.3 Å². The summed E-state index contributed by atoms with van der Waals surface area (Å²) in [6, 6.07) is 16.5. The van der Waals surface area contributed by atoms with Gasteiger partial charge in [0.25, 0.3) is 0 Å². The molecule has 0 aliphatic heterocycles. The Bertz CT molecular complexity index is 1030. The van der Waals surface area contributed by atoms with Gasteiger partial charge in [-0.15, -0.1) is 0 Å². The Morgan fingerprint density at radius 2 is 1.67 bits per heavy atom. The third kappa shape index (κ3) is 4.53. The van der Waals surface area contributed by atoms with Crippen LogP contribution in [0.2, 0.25) is 0 Å². The first-order valence-corrected chi connectivity index (χ1v) is 10.0. The van der Waals surface area contributed by atoms with Gasteiger partial charge >= 0.3 is 0 Å². The molecule has 3 aromatic rings. The number of rotatable bonds is 6. The van der Waals surface area contributed by atoms with E-state index in [4.69, 9.17) is 4.74 Å². The summed E-state index contributed by atoms with van der Waals surface area (Å²) in [6.45, 7) is 3.92. The monoisotopic (exact) mass is 382 g/mol. The van der Waals surface area contributed by atoms with Crippen LogP contribution < -0.4 is 9.46 Å². The second-order valence-electron chi connectivity index (χ2n) is 6.39. The summed E-state index contributed by atoms with van der Waals surface area (Å²) in [5.41, 5.74) is 4.27. The van der Waals surface area contributed by atoms with Crippen LogP contribution in [-0.4, -0.2) is 20.5 Å². The summed E-state index contributed by atoms with van der Waals surface area (Å²) in [4.78, 5) is 4.70. The van der Waals surface area contributed by atoms with Crippen LogP contribution in [0.5, 0.6) is 5.75 Å². The number of hydrogen-bond donors (Lipinski definition) is 1. The van der Waals surface area contributed by atoms with E-state index in [1.165, 1.54) is 0 Å². The lowest BCUT2D eigenvalue weighted by atomic mass is 10.1. The molecular formula is C21H22N2O3S. The van der Waals surface area contributed by atoms with Gasteiger partial charge in [-0.3, -0.25) is 4.98 Å². The van der Waals surface area contributed by atoms with Gasteiger partial charge in [-0.2, -0.15) is 0 Å². The quantitative estimate of drug-likeness (QED) is 0.703. The zero-order valence-electron chi connectivity index (χ0n) is 15.6. The maximum absolute atomic E-state index is 12.7. The van der Waals surface area contributed by atoms with E-state index >= 15 is 0 Å². The molecule has 2 aromatic carbocycles. The SMILES string of the molecule is COc1ccc(-c2ncccc2CNS(=O)(=O)c2cc(C)cc(C)c2)cc1. The van der Waals surface area contributed by atoms with Crippen LogP contribution in [0.1, 0.15) is 16.7 Å². The highest BCUT2D eigenvalue weighted by atomic mass is 32.2. The number of hydrogen-bond acceptors (Lipinski definition) is 4. The van der Waals surface area contributed by atoms with Crippen LogP contribution >= 0.6 is 0 Å². The molecule has 0 saturated carbocycles. The molecule has 0 spiro atoms. The van der Waals surface area contributed by atoms with Gasteiger partial charge in [0, 0.05) is 18.3 Å². The molecule has 0 unspecified atom stereocenters. The lowest BCUT2D eigenvalue weighted by molar-refractivity contribution is 0.415. The van der Waals surface area contributed by atoms with E-state index < -0.39 is 10.0 Å². The van der Waals surface area contributed by atoms with Crippen LogP contribution in [0.25, 0.3) is 11.3 Å². The number of nitrogens with zero attached hydrogens (tertiary/aromatic N) is 1. The Kier molecular flexibility index (Phi) is 5.58. The van der Waals surface area contributed by atoms with Crippen LogP contribution in [0, 0.1) is 13.8 Å². The van der Waals surface area contributed by atoms with Gasteiger partial charge in [-0.25, -0.2) is 13.1 Å². The number of ether oxygens (including phenoxy) is 1. The number of pyridine rings is 1. The lowest BCUT2D eigenvalue weighted by Crippen LogP contribution is -2.24. The highest BCUT2D eigenvalue weighted by Gasteiger charge is 2.16. The largest absolute Gasteiger partial charge is 0.497 e. The van der Waals surface area contributed by atoms with Gasteiger partial charge in [0.15, 0.2) is 0 Å². The van der Waals surface area contributed by atoms with Gasteiger partial charge < -0.3 is 4.74 Å². The molecule has 0 amide bonds. The number of nitrogens with one attached hydrogen (secondary N) is 1. The molecular weight excluding hydrogens is 360 g/mol. The smallest absolute Gasteiger partial charge is 0.240 e. The predicted molar refractivity (Wildman–Crippen MR) is 106 cm³/mol. The number of benzene rings is 2. The van der Waals surface area contributed by atoms with Crippen LogP contribution in [0.3, 0.4) is 0 Å². The molecule has 1 aromatic heterocycles. The average molecular weight is 382 g/mol. The molecule has 0 aliphatic rings. The van der Waals surface area contributed by atoms with E-state index in [9.17, 15) is 8.42 Å². The Labute approximate surface area is 160 Å². The van der Waals surface area contributed by atoms with E-state index in [1.807, 2.05) is 50.2 Å². The number of aromatic nitrogens is 1. The maximum Gasteiger partial charge on any atom is 0.240 e. The summed E-state index contributed by atoms with van der Waals surface area (Å²) in [7, 11) is -2.00. The fourth-order valence-electron chi connectivity index (χ4n) is 2.93. The normalized spacial score (nSPS) is 11.4. The summed E-state index contributed by atoms with van der Waals surface area (Å²) in [5, 5.41) is 0. The lowest BCUT2D eigenvalue weighted by Gasteiger charge is -2.12. The van der Waals surface area contributed by atoms with E-state index in [0.29, 0.717) is 0 Å². The third-order valence-corrected chi connectivity index (χ3v) is 5.59. The van der Waals surface area contributed by atoms with Crippen molar-refractivity contribution < 1.29 is 13.2 Å². The maximum atomic E-state index is 12.7. The molecule has 0 saturated heterocycles. The van der Waals surface area contributed by atoms with Crippen molar-refractivity contribution in [3.63, 3.8) is 0 Å². The van der Waals surface area contributed by atoms with E-state index in [2.05, 4.69) is 9.71 Å². The summed E-state index contributed by atoms with van der Waals surface area (Å²) in [6.07, 6.45) is 1.70. The summed E-state index contributed by atoms with van der Waals surface area (Å²) < 4.78 is 33.3. The minimum atomic E-state index is -3.61. The third-order valence-electron chi connectivity index (χ3n) is 4.21. The van der Waals surface area contributed by atoms with Crippen molar-refractivity contribution in [3.05, 3.63) is 77.5 Å². The van der Waals surface area contributed by atoms with Gasteiger partial charge in [0.2, 0.25) is 10.0 Å². The van der Waals surface area contributed by atoms with Crippen LogP contribution in [0.15, 0.2) is 65.7 Å². The van der Waals surface area contributed by atoms with E-state index in [1.54, 1.807) is 31.5 Å². The average Bonchev–Trinajstić information content (AvgIpc) is 2.66. The molecule has 0 bridgehead atoms. The first-order chi connectivity index (χ1) is 12.9. The van der Waals surface area contributed by atoms with Crippen molar-refractivity contribution in [3.8, 4) is 17.0 Å². The minimum Gasteiger partial charge on any atom is -0.497 e. The molecule has 5 nitrogen and oxygen atoms in total. The molecule has 1 N–H and O–H groups in total. The molecule has 0 aliphatic carbocycles. The van der Waals surface area contributed by atoms with Gasteiger partial charge in [-0.1, -0.05) is 12.1 Å². The number of aryl methyl sites for hydroxylation is 2. The predicted octanol–water partition coefficient (Wildman–Crippen LogP) is 3.85. The molecule has 3 rings (SSSR count).